The summed E-state index contributed by atoms with van der Waals surface area (Å²) in [5, 5.41) is 11.2. The van der Waals surface area contributed by atoms with Crippen LogP contribution in [0.25, 0.3) is 0 Å². The van der Waals surface area contributed by atoms with Crippen molar-refractivity contribution in [2.24, 2.45) is 12.8 Å². The Morgan fingerprint density at radius 1 is 1.71 bits per heavy atom. The van der Waals surface area contributed by atoms with Crippen LogP contribution in [0.2, 0.25) is 0 Å². The van der Waals surface area contributed by atoms with Crippen LogP contribution in [-0.2, 0) is 23.0 Å². The molecule has 0 amide bonds. The molecule has 0 radical (unpaired) electrons. The molecule has 1 heterocycles. The minimum atomic E-state index is -0.723. The molecule has 2 N–H and O–H groups in total. The van der Waals surface area contributed by atoms with Crippen LogP contribution in [0, 0.1) is 0 Å². The van der Waals surface area contributed by atoms with Gasteiger partial charge in [0.25, 0.3) is 0 Å². The molecule has 0 aliphatic carbocycles. The maximum absolute atomic E-state index is 11.1. The van der Waals surface area contributed by atoms with Crippen LogP contribution < -0.4 is 5.73 Å². The third-order valence-corrected chi connectivity index (χ3v) is 1.54. The van der Waals surface area contributed by atoms with E-state index in [1.165, 1.54) is 4.80 Å². The van der Waals surface area contributed by atoms with Gasteiger partial charge < -0.3 is 10.5 Å². The van der Waals surface area contributed by atoms with Crippen molar-refractivity contribution in [2.75, 3.05) is 6.61 Å². The number of carbonyl (C=O) groups is 1. The molecule has 1 unspecified atom stereocenters. The fraction of sp³-hybridized carbons (Fsp3) is 0.714. The molecule has 7 nitrogen and oxygen atoms in total. The molecular weight excluding hydrogens is 186 g/mol. The number of rotatable bonds is 4. The molecule has 7 heteroatoms. The van der Waals surface area contributed by atoms with E-state index >= 15 is 0 Å². The second kappa shape index (κ2) is 4.66. The highest BCUT2D eigenvalue weighted by molar-refractivity contribution is 5.75. The molecule has 1 aromatic heterocycles. The summed E-state index contributed by atoms with van der Waals surface area (Å²) >= 11 is 0. The van der Waals surface area contributed by atoms with Crippen molar-refractivity contribution >= 4 is 5.97 Å². The summed E-state index contributed by atoms with van der Waals surface area (Å²) in [7, 11) is 1.65. The number of carbonyl (C=O) groups excluding carboxylic acids is 1. The number of esters is 1. The van der Waals surface area contributed by atoms with Gasteiger partial charge in [0.2, 0.25) is 0 Å². The summed E-state index contributed by atoms with van der Waals surface area (Å²) < 4.78 is 4.74. The van der Waals surface area contributed by atoms with Crippen molar-refractivity contribution in [1.82, 2.24) is 20.2 Å². The van der Waals surface area contributed by atoms with Gasteiger partial charge in [0.05, 0.1) is 13.7 Å². The Hall–Kier alpha value is -1.50. The minimum Gasteiger partial charge on any atom is -0.465 e. The maximum Gasteiger partial charge on any atom is 0.323 e. The molecule has 0 aliphatic rings. The van der Waals surface area contributed by atoms with Crippen LogP contribution in [0.5, 0.6) is 0 Å². The number of nitrogens with zero attached hydrogens (tertiary/aromatic N) is 4. The largest absolute Gasteiger partial charge is 0.465 e. The van der Waals surface area contributed by atoms with Crippen LogP contribution in [0.3, 0.4) is 0 Å². The van der Waals surface area contributed by atoms with E-state index in [0.717, 1.165) is 0 Å². The zero-order valence-electron chi connectivity index (χ0n) is 8.17. The predicted molar refractivity (Wildman–Crippen MR) is 47.1 cm³/mol. The second-order valence-electron chi connectivity index (χ2n) is 2.76. The number of hydrogen-bond donors (Lipinski definition) is 1. The van der Waals surface area contributed by atoms with Gasteiger partial charge in [-0.3, -0.25) is 4.79 Å². The van der Waals surface area contributed by atoms with Gasteiger partial charge in [-0.25, -0.2) is 0 Å². The highest BCUT2D eigenvalue weighted by Crippen LogP contribution is 1.94. The molecule has 78 valence electrons. The van der Waals surface area contributed by atoms with Crippen LogP contribution in [-0.4, -0.2) is 38.8 Å². The zero-order chi connectivity index (χ0) is 10.6. The van der Waals surface area contributed by atoms with Gasteiger partial charge in [-0.2, -0.15) is 4.80 Å². The molecule has 0 bridgehead atoms. The van der Waals surface area contributed by atoms with E-state index in [4.69, 9.17) is 10.5 Å². The summed E-state index contributed by atoms with van der Waals surface area (Å²) in [6, 6.07) is -0.723. The van der Waals surface area contributed by atoms with Gasteiger partial charge in [-0.1, -0.05) is 0 Å². The standard InChI is InChI=1S/C7H13N5O2/c1-3-14-7(13)5(8)4-6-9-11-12(2)10-6/h5H,3-4,8H2,1-2H3. The lowest BCUT2D eigenvalue weighted by Crippen LogP contribution is -2.34. The lowest BCUT2D eigenvalue weighted by atomic mass is 10.2. The molecule has 1 atom stereocenters. The summed E-state index contributed by atoms with van der Waals surface area (Å²) in [4.78, 5) is 12.4. The Labute approximate surface area is 81.2 Å². The van der Waals surface area contributed by atoms with Gasteiger partial charge in [0.1, 0.15) is 6.04 Å². The Balaban J connectivity index is 2.48. The van der Waals surface area contributed by atoms with Crippen molar-refractivity contribution in [3.8, 4) is 0 Å². The number of aryl methyl sites for hydroxylation is 1. The number of hydrogen-bond acceptors (Lipinski definition) is 6. The SMILES string of the molecule is CCOC(=O)C(N)Cc1nnn(C)n1. The van der Waals surface area contributed by atoms with E-state index < -0.39 is 12.0 Å². The van der Waals surface area contributed by atoms with Gasteiger partial charge in [-0.05, 0) is 12.1 Å². The quantitative estimate of drug-likeness (QED) is 0.602. The van der Waals surface area contributed by atoms with Gasteiger partial charge in [0.15, 0.2) is 5.82 Å². The number of nitrogens with two attached hydrogens (primary N) is 1. The first-order chi connectivity index (χ1) is 6.63. The fourth-order valence-corrected chi connectivity index (χ4v) is 0.934. The van der Waals surface area contributed by atoms with Crippen LogP contribution in [0.4, 0.5) is 0 Å². The lowest BCUT2D eigenvalue weighted by Gasteiger charge is -2.07. The first kappa shape index (κ1) is 10.6. The van der Waals surface area contributed by atoms with Crippen LogP contribution in [0.15, 0.2) is 0 Å². The van der Waals surface area contributed by atoms with Gasteiger partial charge >= 0.3 is 5.97 Å². The Morgan fingerprint density at radius 2 is 2.43 bits per heavy atom. The topological polar surface area (TPSA) is 95.9 Å². The lowest BCUT2D eigenvalue weighted by molar-refractivity contribution is -0.144. The van der Waals surface area contributed by atoms with Crippen LogP contribution in [0.1, 0.15) is 12.7 Å². The molecule has 0 saturated carbocycles. The average Bonchev–Trinajstić information content (AvgIpc) is 2.51. The molecule has 0 aliphatic heterocycles. The van der Waals surface area contributed by atoms with E-state index in [1.54, 1.807) is 14.0 Å². The smallest absolute Gasteiger partial charge is 0.323 e. The van der Waals surface area contributed by atoms with Crippen molar-refractivity contribution in [3.63, 3.8) is 0 Å². The summed E-state index contributed by atoms with van der Waals surface area (Å²) in [5.74, 6) is -0.00648. The average molecular weight is 199 g/mol. The van der Waals surface area contributed by atoms with Gasteiger partial charge in [0, 0.05) is 6.42 Å². The van der Waals surface area contributed by atoms with E-state index in [-0.39, 0.29) is 6.42 Å². The Morgan fingerprint density at radius 3 is 2.93 bits per heavy atom. The van der Waals surface area contributed by atoms with Crippen molar-refractivity contribution < 1.29 is 9.53 Å². The third-order valence-electron chi connectivity index (χ3n) is 1.54. The van der Waals surface area contributed by atoms with E-state index in [9.17, 15) is 4.79 Å². The monoisotopic (exact) mass is 199 g/mol. The molecule has 1 rings (SSSR count). The van der Waals surface area contributed by atoms with Crippen molar-refractivity contribution in [3.05, 3.63) is 5.82 Å². The number of tetrazole rings is 1. The molecule has 1 aromatic rings. The molecule has 0 saturated heterocycles. The van der Waals surface area contributed by atoms with Crippen LogP contribution >= 0.6 is 0 Å². The molecule has 14 heavy (non-hydrogen) atoms. The normalized spacial score (nSPS) is 12.5. The Kier molecular flexibility index (Phi) is 3.52. The first-order valence-corrected chi connectivity index (χ1v) is 4.28. The van der Waals surface area contributed by atoms with Crippen molar-refractivity contribution in [2.45, 2.75) is 19.4 Å². The van der Waals surface area contributed by atoms with E-state index in [1.807, 2.05) is 0 Å². The molecule has 0 fully saturated rings. The molecular formula is C7H13N5O2. The zero-order valence-corrected chi connectivity index (χ0v) is 8.17. The number of ether oxygens (including phenoxy) is 1. The van der Waals surface area contributed by atoms with Gasteiger partial charge in [-0.15, -0.1) is 10.2 Å². The summed E-state index contributed by atoms with van der Waals surface area (Å²) in [6.45, 7) is 2.05. The van der Waals surface area contributed by atoms with Crippen molar-refractivity contribution in [1.29, 1.82) is 0 Å². The second-order valence-corrected chi connectivity index (χ2v) is 2.76. The minimum absolute atomic E-state index is 0.243. The molecule has 0 aromatic carbocycles. The molecule has 0 spiro atoms. The summed E-state index contributed by atoms with van der Waals surface area (Å²) in [6.07, 6.45) is 0.243. The third kappa shape index (κ3) is 2.77. The van der Waals surface area contributed by atoms with E-state index in [2.05, 4.69) is 15.4 Å². The Bertz CT molecular complexity index is 311. The highest BCUT2D eigenvalue weighted by Gasteiger charge is 2.17. The van der Waals surface area contributed by atoms with E-state index in [0.29, 0.717) is 12.4 Å². The fourth-order valence-electron chi connectivity index (χ4n) is 0.934. The highest BCUT2D eigenvalue weighted by atomic mass is 16.5. The number of aromatic nitrogens is 4. The predicted octanol–water partition coefficient (Wildman–Crippen LogP) is -1.36. The maximum atomic E-state index is 11.1. The summed E-state index contributed by atoms with van der Waals surface area (Å²) in [5.41, 5.74) is 5.55. The first-order valence-electron chi connectivity index (χ1n) is 4.28.